The quantitative estimate of drug-likeness (QED) is 0.497. The van der Waals surface area contributed by atoms with Gasteiger partial charge in [-0.3, -0.25) is 9.59 Å². The van der Waals surface area contributed by atoms with Gasteiger partial charge in [-0.05, 0) is 32.1 Å². The number of ketones is 1. The van der Waals surface area contributed by atoms with Crippen molar-refractivity contribution in [3.05, 3.63) is 71.8 Å². The van der Waals surface area contributed by atoms with Crippen LogP contribution in [0, 0.1) is 0 Å². The molecule has 8 nitrogen and oxygen atoms in total. The molecule has 4 rings (SSSR count). The number of hydrogen-bond donors (Lipinski definition) is 2. The van der Waals surface area contributed by atoms with Crippen LogP contribution in [0.3, 0.4) is 0 Å². The Morgan fingerprint density at radius 1 is 1.12 bits per heavy atom. The molecule has 5 atom stereocenters. The molecule has 8 heteroatoms. The number of benzene rings is 2. The minimum Gasteiger partial charge on any atom is -0.462 e. The Morgan fingerprint density at radius 3 is 2.56 bits per heavy atom. The number of para-hydroxylation sites is 1. The monoisotopic (exact) mass is 467 g/mol. The highest BCUT2D eigenvalue weighted by Gasteiger charge is 2.52. The van der Waals surface area contributed by atoms with Crippen molar-refractivity contribution in [2.45, 2.75) is 57.2 Å². The fraction of sp³-hybridized carbons (Fsp3) is 0.385. The van der Waals surface area contributed by atoms with Gasteiger partial charge in [-0.2, -0.15) is 0 Å². The van der Waals surface area contributed by atoms with E-state index < -0.39 is 36.4 Å². The summed E-state index contributed by atoms with van der Waals surface area (Å²) in [6, 6.07) is 15.2. The maximum atomic E-state index is 12.5. The van der Waals surface area contributed by atoms with Crippen LogP contribution in [0.5, 0.6) is 5.75 Å². The first-order valence-corrected chi connectivity index (χ1v) is 11.2. The summed E-state index contributed by atoms with van der Waals surface area (Å²) in [7, 11) is 0. The number of rotatable bonds is 6. The Bertz CT molecular complexity index is 1050. The molecule has 2 aromatic carbocycles. The maximum absolute atomic E-state index is 12.5. The van der Waals surface area contributed by atoms with E-state index >= 15 is 0 Å². The highest BCUT2D eigenvalue weighted by Crippen LogP contribution is 2.34. The van der Waals surface area contributed by atoms with E-state index in [0.29, 0.717) is 16.9 Å². The molecule has 2 heterocycles. The molecule has 0 aromatic heterocycles. The molecule has 0 saturated carbocycles. The molecular weight excluding hydrogens is 438 g/mol. The van der Waals surface area contributed by atoms with Gasteiger partial charge in [0.05, 0.1) is 6.61 Å². The highest BCUT2D eigenvalue weighted by atomic mass is 16.8. The van der Waals surface area contributed by atoms with Gasteiger partial charge in [-0.1, -0.05) is 48.5 Å². The molecule has 2 aliphatic heterocycles. The van der Waals surface area contributed by atoms with E-state index in [1.165, 1.54) is 13.0 Å². The molecule has 2 aliphatic rings. The molecule has 2 aromatic rings. The van der Waals surface area contributed by atoms with E-state index in [9.17, 15) is 14.7 Å². The van der Waals surface area contributed by atoms with Crippen LogP contribution in [0.1, 0.15) is 36.7 Å². The molecule has 2 N–H and O–H groups in total. The van der Waals surface area contributed by atoms with Gasteiger partial charge < -0.3 is 29.4 Å². The number of amides is 1. The lowest BCUT2D eigenvalue weighted by Gasteiger charge is -2.49. The highest BCUT2D eigenvalue weighted by molar-refractivity contribution is 6.06. The van der Waals surface area contributed by atoms with Crippen LogP contribution in [0.25, 0.3) is 6.08 Å². The summed E-state index contributed by atoms with van der Waals surface area (Å²) in [5.41, 5.74) is 1.22. The summed E-state index contributed by atoms with van der Waals surface area (Å²) in [6.07, 6.45) is -0.235. The van der Waals surface area contributed by atoms with Crippen molar-refractivity contribution in [2.75, 3.05) is 6.61 Å². The first kappa shape index (κ1) is 24.1. The van der Waals surface area contributed by atoms with E-state index in [4.69, 9.17) is 18.9 Å². The number of aliphatic hydroxyl groups excluding tert-OH is 1. The molecule has 2 fully saturated rings. The van der Waals surface area contributed by atoms with Gasteiger partial charge in [0.15, 0.2) is 11.6 Å². The van der Waals surface area contributed by atoms with Crippen LogP contribution in [0.15, 0.2) is 60.7 Å². The molecule has 180 valence electrons. The minimum atomic E-state index is -1.09. The third-order valence-electron chi connectivity index (χ3n) is 5.69. The number of nitrogens with one attached hydrogen (secondary N) is 1. The number of aliphatic hydroxyl groups is 1. The zero-order chi connectivity index (χ0) is 24.3. The Kier molecular flexibility index (Phi) is 7.13. The number of ether oxygens (including phenoxy) is 4. The lowest BCUT2D eigenvalue weighted by Crippen LogP contribution is -2.69. The van der Waals surface area contributed by atoms with E-state index in [1.54, 1.807) is 62.4 Å². The molecule has 1 amide bonds. The zero-order valence-electron chi connectivity index (χ0n) is 19.3. The predicted molar refractivity (Wildman–Crippen MR) is 124 cm³/mol. The van der Waals surface area contributed by atoms with Crippen LogP contribution in [-0.2, 0) is 19.0 Å². The van der Waals surface area contributed by atoms with E-state index in [1.807, 2.05) is 12.1 Å². The fourth-order valence-electron chi connectivity index (χ4n) is 4.05. The SMILES string of the molecule is CC(=O)NC1C(Oc2ccccc2/C=C/C(=O)c2ccccc2)OC2COC(C)(C)OC2C1O. The molecule has 2 saturated heterocycles. The number of carbonyl (C=O) groups is 2. The van der Waals surface area contributed by atoms with Crippen molar-refractivity contribution < 1.29 is 33.6 Å². The standard InChI is InChI=1S/C26H29NO7/c1-16(28)27-22-23(30)24-21(15-31-26(2,3)34-24)33-25(22)32-20-12-8-7-11-18(20)13-14-19(29)17-9-5-4-6-10-17/h4-14,21-25,30H,15H2,1-3H3,(H,27,28)/b14-13+. The van der Waals surface area contributed by atoms with Crippen LogP contribution in [0.4, 0.5) is 0 Å². The van der Waals surface area contributed by atoms with Gasteiger partial charge in [0.25, 0.3) is 0 Å². The number of hydrogen-bond acceptors (Lipinski definition) is 7. The average molecular weight is 468 g/mol. The first-order valence-electron chi connectivity index (χ1n) is 11.2. The molecule has 0 spiro atoms. The summed E-state index contributed by atoms with van der Waals surface area (Å²) in [5.74, 6) is -0.933. The molecule has 5 unspecified atom stereocenters. The van der Waals surface area contributed by atoms with Crippen molar-refractivity contribution >= 4 is 17.8 Å². The van der Waals surface area contributed by atoms with Crippen LogP contribution in [0.2, 0.25) is 0 Å². The predicted octanol–water partition coefficient (Wildman–Crippen LogP) is 2.70. The van der Waals surface area contributed by atoms with Gasteiger partial charge in [0.1, 0.15) is 30.1 Å². The van der Waals surface area contributed by atoms with E-state index in [2.05, 4.69) is 5.32 Å². The third kappa shape index (κ3) is 5.53. The number of fused-ring (bicyclic) bond motifs is 1. The topological polar surface area (TPSA) is 103 Å². The van der Waals surface area contributed by atoms with Crippen molar-refractivity contribution in [2.24, 2.45) is 0 Å². The maximum Gasteiger partial charge on any atom is 0.223 e. The second kappa shape index (κ2) is 10.1. The molecular formula is C26H29NO7. The second-order valence-corrected chi connectivity index (χ2v) is 8.77. The van der Waals surface area contributed by atoms with Gasteiger partial charge in [0.2, 0.25) is 12.2 Å². The summed E-state index contributed by atoms with van der Waals surface area (Å²) in [4.78, 5) is 24.4. The van der Waals surface area contributed by atoms with Crippen molar-refractivity contribution in [3.63, 3.8) is 0 Å². The van der Waals surface area contributed by atoms with Gasteiger partial charge in [-0.15, -0.1) is 0 Å². The summed E-state index contributed by atoms with van der Waals surface area (Å²) in [5, 5.41) is 13.8. The average Bonchev–Trinajstić information content (AvgIpc) is 2.81. The molecule has 0 radical (unpaired) electrons. The lowest BCUT2D eigenvalue weighted by atomic mass is 9.95. The van der Waals surface area contributed by atoms with Crippen LogP contribution < -0.4 is 10.1 Å². The Hall–Kier alpha value is -3.04. The van der Waals surface area contributed by atoms with E-state index in [-0.39, 0.29) is 18.3 Å². The number of carbonyl (C=O) groups excluding carboxylic acids is 2. The molecule has 0 aliphatic carbocycles. The summed E-state index contributed by atoms with van der Waals surface area (Å²) in [6.45, 7) is 5.07. The van der Waals surface area contributed by atoms with Crippen molar-refractivity contribution in [1.82, 2.24) is 5.32 Å². The minimum absolute atomic E-state index is 0.141. The van der Waals surface area contributed by atoms with Gasteiger partial charge in [-0.25, -0.2) is 0 Å². The fourth-order valence-corrected chi connectivity index (χ4v) is 4.05. The van der Waals surface area contributed by atoms with Crippen molar-refractivity contribution in [3.8, 4) is 5.75 Å². The van der Waals surface area contributed by atoms with Gasteiger partial charge in [0, 0.05) is 18.1 Å². The van der Waals surface area contributed by atoms with Crippen LogP contribution in [-0.4, -0.2) is 59.8 Å². The molecule has 0 bridgehead atoms. The van der Waals surface area contributed by atoms with E-state index in [0.717, 1.165) is 0 Å². The first-order chi connectivity index (χ1) is 16.2. The van der Waals surface area contributed by atoms with Crippen molar-refractivity contribution in [1.29, 1.82) is 0 Å². The van der Waals surface area contributed by atoms with Gasteiger partial charge >= 0.3 is 0 Å². The largest absolute Gasteiger partial charge is 0.462 e. The lowest BCUT2D eigenvalue weighted by molar-refractivity contribution is -0.361. The Labute approximate surface area is 198 Å². The smallest absolute Gasteiger partial charge is 0.223 e. The molecule has 34 heavy (non-hydrogen) atoms. The summed E-state index contributed by atoms with van der Waals surface area (Å²) >= 11 is 0. The normalized spacial score (nSPS) is 28.2. The second-order valence-electron chi connectivity index (χ2n) is 8.77. The van der Waals surface area contributed by atoms with Crippen LogP contribution >= 0.6 is 0 Å². The zero-order valence-corrected chi connectivity index (χ0v) is 19.3. The summed E-state index contributed by atoms with van der Waals surface area (Å²) < 4.78 is 23.8. The number of allylic oxidation sites excluding steroid dienone is 1. The Morgan fingerprint density at radius 2 is 1.82 bits per heavy atom. The Balaban J connectivity index is 1.55. The third-order valence-corrected chi connectivity index (χ3v) is 5.69.